The van der Waals surface area contributed by atoms with E-state index in [-0.39, 0.29) is 36.5 Å². The fourth-order valence-electron chi connectivity index (χ4n) is 2.61. The molecule has 0 aromatic carbocycles. The molecule has 0 aliphatic carbocycles. The Labute approximate surface area is 152 Å². The maximum absolute atomic E-state index is 11.4. The smallest absolute Gasteiger partial charge is 0.253 e. The summed E-state index contributed by atoms with van der Waals surface area (Å²) >= 11 is 0. The van der Waals surface area contributed by atoms with Gasteiger partial charge in [-0.3, -0.25) is 34.9 Å². The minimum absolute atomic E-state index is 0.252. The SMILES string of the molecule is NNC(=O)CCN(CCCCCCN1C(=O)C=CC1=O)CCC(=O)NN. The molecule has 0 saturated carbocycles. The number of hydrazine groups is 2. The first kappa shape index (κ1) is 21.7. The van der Waals surface area contributed by atoms with Gasteiger partial charge in [-0.05, 0) is 19.4 Å². The molecule has 0 bridgehead atoms. The molecule has 0 saturated heterocycles. The third-order valence-corrected chi connectivity index (χ3v) is 4.14. The van der Waals surface area contributed by atoms with Crippen molar-refractivity contribution in [3.63, 3.8) is 0 Å². The predicted octanol–water partition coefficient (Wildman–Crippen LogP) is -1.47. The number of carbonyl (C=O) groups excluding carboxylic acids is 4. The number of nitrogens with zero attached hydrogens (tertiary/aromatic N) is 2. The van der Waals surface area contributed by atoms with Crippen LogP contribution in [0.15, 0.2) is 12.2 Å². The van der Waals surface area contributed by atoms with Crippen LogP contribution in [-0.4, -0.2) is 59.6 Å². The number of rotatable bonds is 13. The highest BCUT2D eigenvalue weighted by Crippen LogP contribution is 2.08. The van der Waals surface area contributed by atoms with Gasteiger partial charge in [0.1, 0.15) is 0 Å². The number of unbranched alkanes of at least 4 members (excludes halogenated alkanes) is 3. The molecule has 10 heteroatoms. The van der Waals surface area contributed by atoms with Crippen LogP contribution in [-0.2, 0) is 19.2 Å². The van der Waals surface area contributed by atoms with Gasteiger partial charge in [-0.25, -0.2) is 11.7 Å². The van der Waals surface area contributed by atoms with Crippen LogP contribution in [0.3, 0.4) is 0 Å². The minimum Gasteiger partial charge on any atom is -0.302 e. The molecule has 1 heterocycles. The zero-order valence-corrected chi connectivity index (χ0v) is 14.9. The van der Waals surface area contributed by atoms with Gasteiger partial charge in [0.25, 0.3) is 11.8 Å². The van der Waals surface area contributed by atoms with Gasteiger partial charge in [0.05, 0.1) is 0 Å². The molecule has 0 radical (unpaired) electrons. The molecule has 0 aromatic rings. The molecular weight excluding hydrogens is 340 g/mol. The van der Waals surface area contributed by atoms with Gasteiger partial charge in [-0.1, -0.05) is 12.8 Å². The van der Waals surface area contributed by atoms with Crippen molar-refractivity contribution in [2.75, 3.05) is 26.2 Å². The van der Waals surface area contributed by atoms with E-state index < -0.39 is 0 Å². The first-order valence-electron chi connectivity index (χ1n) is 8.72. The summed E-state index contributed by atoms with van der Waals surface area (Å²) in [5, 5.41) is 0. The maximum atomic E-state index is 11.4. The highest BCUT2D eigenvalue weighted by Gasteiger charge is 2.22. The number of nitrogens with two attached hydrogens (primary N) is 2. The molecule has 0 unspecified atom stereocenters. The quantitative estimate of drug-likeness (QED) is 0.102. The molecular formula is C16H28N6O4. The Morgan fingerprint density at radius 3 is 1.85 bits per heavy atom. The molecule has 1 aliphatic heterocycles. The summed E-state index contributed by atoms with van der Waals surface area (Å²) in [6, 6.07) is 0. The van der Waals surface area contributed by atoms with E-state index >= 15 is 0 Å². The molecule has 1 aliphatic rings. The lowest BCUT2D eigenvalue weighted by molar-refractivity contribution is -0.137. The first-order chi connectivity index (χ1) is 12.5. The fourth-order valence-corrected chi connectivity index (χ4v) is 2.61. The van der Waals surface area contributed by atoms with Crippen LogP contribution < -0.4 is 22.5 Å². The van der Waals surface area contributed by atoms with Crippen molar-refractivity contribution in [1.29, 1.82) is 0 Å². The van der Waals surface area contributed by atoms with E-state index in [4.69, 9.17) is 11.7 Å². The van der Waals surface area contributed by atoms with Crippen LogP contribution in [0.2, 0.25) is 0 Å². The van der Waals surface area contributed by atoms with Crippen molar-refractivity contribution in [3.8, 4) is 0 Å². The molecule has 10 nitrogen and oxygen atoms in total. The molecule has 1 rings (SSSR count). The summed E-state index contributed by atoms with van der Waals surface area (Å²) in [6.45, 7) is 2.17. The molecule has 0 aromatic heterocycles. The molecule has 0 fully saturated rings. The van der Waals surface area contributed by atoms with Gasteiger partial charge in [-0.15, -0.1) is 0 Å². The predicted molar refractivity (Wildman–Crippen MR) is 94.7 cm³/mol. The summed E-state index contributed by atoms with van der Waals surface area (Å²) in [5.74, 6) is 9.13. The summed E-state index contributed by atoms with van der Waals surface area (Å²) in [5.41, 5.74) is 4.17. The van der Waals surface area contributed by atoms with Crippen LogP contribution in [0.25, 0.3) is 0 Å². The minimum atomic E-state index is -0.258. The van der Waals surface area contributed by atoms with Crippen molar-refractivity contribution >= 4 is 23.6 Å². The van der Waals surface area contributed by atoms with Crippen molar-refractivity contribution in [3.05, 3.63) is 12.2 Å². The van der Waals surface area contributed by atoms with E-state index in [0.29, 0.717) is 19.6 Å². The second kappa shape index (κ2) is 12.1. The highest BCUT2D eigenvalue weighted by molar-refractivity contribution is 6.12. The summed E-state index contributed by atoms with van der Waals surface area (Å²) in [6.07, 6.45) is 6.53. The molecule has 4 amide bonds. The molecule has 0 spiro atoms. The Morgan fingerprint density at radius 2 is 1.35 bits per heavy atom. The van der Waals surface area contributed by atoms with E-state index in [1.54, 1.807) is 0 Å². The second-order valence-corrected chi connectivity index (χ2v) is 6.05. The van der Waals surface area contributed by atoms with Crippen molar-refractivity contribution in [2.45, 2.75) is 38.5 Å². The summed E-state index contributed by atoms with van der Waals surface area (Å²) in [7, 11) is 0. The number of nitrogens with one attached hydrogen (secondary N) is 2. The van der Waals surface area contributed by atoms with Crippen LogP contribution >= 0.6 is 0 Å². The third-order valence-electron chi connectivity index (χ3n) is 4.14. The molecule has 26 heavy (non-hydrogen) atoms. The Hall–Kier alpha value is -2.30. The molecule has 0 atom stereocenters. The number of amides is 4. The standard InChI is InChI=1S/C16H28N6O4/c17-19-13(23)7-11-21(12-8-14(24)20-18)9-3-1-2-4-10-22-15(25)5-6-16(22)26/h5-6H,1-4,7-12,17-18H2,(H,19,23)(H,20,24). The average molecular weight is 368 g/mol. The average Bonchev–Trinajstić information content (AvgIpc) is 2.96. The van der Waals surface area contributed by atoms with Gasteiger partial charge >= 0.3 is 0 Å². The number of imide groups is 1. The lowest BCUT2D eigenvalue weighted by atomic mass is 10.1. The number of carbonyl (C=O) groups is 4. The van der Waals surface area contributed by atoms with Crippen LogP contribution in [0.5, 0.6) is 0 Å². The van der Waals surface area contributed by atoms with Gasteiger partial charge in [0, 0.05) is 44.6 Å². The zero-order chi connectivity index (χ0) is 19.4. The Morgan fingerprint density at radius 1 is 0.846 bits per heavy atom. The second-order valence-electron chi connectivity index (χ2n) is 6.05. The van der Waals surface area contributed by atoms with Gasteiger partial charge in [0.2, 0.25) is 11.8 Å². The van der Waals surface area contributed by atoms with Crippen LogP contribution in [0, 0.1) is 0 Å². The molecule has 146 valence electrons. The summed E-state index contributed by atoms with van der Waals surface area (Å²) < 4.78 is 0. The van der Waals surface area contributed by atoms with Gasteiger partial charge in [-0.2, -0.15) is 0 Å². The number of hydrogen-bond acceptors (Lipinski definition) is 7. The fraction of sp³-hybridized carbons (Fsp3) is 0.625. The van der Waals surface area contributed by atoms with E-state index in [1.807, 2.05) is 4.90 Å². The van der Waals surface area contributed by atoms with E-state index in [1.165, 1.54) is 17.1 Å². The van der Waals surface area contributed by atoms with E-state index in [2.05, 4.69) is 10.9 Å². The first-order valence-corrected chi connectivity index (χ1v) is 8.72. The van der Waals surface area contributed by atoms with Gasteiger partial charge in [0.15, 0.2) is 0 Å². The van der Waals surface area contributed by atoms with Gasteiger partial charge < -0.3 is 4.90 Å². The Bertz CT molecular complexity index is 499. The largest absolute Gasteiger partial charge is 0.302 e. The summed E-state index contributed by atoms with van der Waals surface area (Å²) in [4.78, 5) is 48.7. The normalized spacial score (nSPS) is 13.6. The molecule has 6 N–H and O–H groups in total. The van der Waals surface area contributed by atoms with E-state index in [9.17, 15) is 19.2 Å². The van der Waals surface area contributed by atoms with Crippen molar-refractivity contribution in [1.82, 2.24) is 20.7 Å². The van der Waals surface area contributed by atoms with Crippen LogP contribution in [0.1, 0.15) is 38.5 Å². The monoisotopic (exact) mass is 368 g/mol. The topological polar surface area (TPSA) is 151 Å². The van der Waals surface area contributed by atoms with Crippen molar-refractivity contribution in [2.24, 2.45) is 11.7 Å². The van der Waals surface area contributed by atoms with Crippen molar-refractivity contribution < 1.29 is 19.2 Å². The highest BCUT2D eigenvalue weighted by atomic mass is 16.2. The maximum Gasteiger partial charge on any atom is 0.253 e. The van der Waals surface area contributed by atoms with E-state index in [0.717, 1.165) is 32.2 Å². The zero-order valence-electron chi connectivity index (χ0n) is 14.9. The Balaban J connectivity index is 2.22. The Kier molecular flexibility index (Phi) is 10.1. The lowest BCUT2D eigenvalue weighted by Crippen LogP contribution is -2.37. The number of hydrogen-bond donors (Lipinski definition) is 4. The lowest BCUT2D eigenvalue weighted by Gasteiger charge is -2.21. The third kappa shape index (κ3) is 8.19. The van der Waals surface area contributed by atoms with Crippen LogP contribution in [0.4, 0.5) is 0 Å².